The Hall–Kier alpha value is -2.47. The third kappa shape index (κ3) is 4.26. The lowest BCUT2D eigenvalue weighted by atomic mass is 10.1. The molecule has 0 spiro atoms. The highest BCUT2D eigenvalue weighted by molar-refractivity contribution is 5.88. The van der Waals surface area contributed by atoms with E-state index in [9.17, 15) is 18.7 Å². The van der Waals surface area contributed by atoms with Gasteiger partial charge in [0.05, 0.1) is 0 Å². The van der Waals surface area contributed by atoms with Crippen LogP contribution in [0.25, 0.3) is 0 Å². The molecular weight excluding hydrogens is 292 g/mol. The third-order valence-corrected chi connectivity index (χ3v) is 2.90. The maximum atomic E-state index is 13.5. The van der Waals surface area contributed by atoms with Gasteiger partial charge in [0.25, 0.3) is 0 Å². The Morgan fingerprint density at radius 3 is 2.50 bits per heavy atom. The first-order valence-corrected chi connectivity index (χ1v) is 6.59. The van der Waals surface area contributed by atoms with Crippen molar-refractivity contribution in [1.82, 2.24) is 0 Å². The van der Waals surface area contributed by atoms with Crippen LogP contribution in [0.2, 0.25) is 0 Å². The van der Waals surface area contributed by atoms with Gasteiger partial charge in [-0.2, -0.15) is 0 Å². The smallest absolute Gasteiger partial charge is 0.221 e. The van der Waals surface area contributed by atoms with Crippen molar-refractivity contribution in [3.05, 3.63) is 59.7 Å². The maximum Gasteiger partial charge on any atom is 0.221 e. The molecule has 0 saturated heterocycles. The fourth-order valence-electron chi connectivity index (χ4n) is 1.87. The summed E-state index contributed by atoms with van der Waals surface area (Å²) in [6.45, 7) is 1.22. The molecule has 0 aromatic heterocycles. The highest BCUT2D eigenvalue weighted by Gasteiger charge is 2.14. The van der Waals surface area contributed by atoms with E-state index in [0.29, 0.717) is 17.5 Å². The molecule has 2 aromatic carbocycles. The highest BCUT2D eigenvalue weighted by atomic mass is 19.1. The Bertz CT molecular complexity index is 659. The number of ether oxygens (including phenoxy) is 1. The summed E-state index contributed by atoms with van der Waals surface area (Å²) in [4.78, 5) is 10.9. The predicted molar refractivity (Wildman–Crippen MR) is 77.6 cm³/mol. The number of anilines is 1. The van der Waals surface area contributed by atoms with Crippen LogP contribution in [0.1, 0.15) is 18.6 Å². The second-order valence-electron chi connectivity index (χ2n) is 4.70. The SMILES string of the molecule is CC(=O)Nc1ccc(OCC(O)c2ccc(F)cc2F)cc1. The molecule has 0 saturated carbocycles. The summed E-state index contributed by atoms with van der Waals surface area (Å²) in [6.07, 6.45) is -1.21. The molecule has 0 bridgehead atoms. The van der Waals surface area contributed by atoms with E-state index < -0.39 is 17.7 Å². The van der Waals surface area contributed by atoms with Crippen molar-refractivity contribution >= 4 is 11.6 Å². The molecule has 1 amide bonds. The summed E-state index contributed by atoms with van der Waals surface area (Å²) < 4.78 is 31.7. The van der Waals surface area contributed by atoms with Crippen LogP contribution in [0.5, 0.6) is 5.75 Å². The molecule has 1 atom stereocenters. The first-order chi connectivity index (χ1) is 10.5. The topological polar surface area (TPSA) is 58.6 Å². The zero-order chi connectivity index (χ0) is 16.1. The van der Waals surface area contributed by atoms with E-state index in [1.165, 1.54) is 13.0 Å². The zero-order valence-electron chi connectivity index (χ0n) is 11.8. The van der Waals surface area contributed by atoms with E-state index in [2.05, 4.69) is 5.32 Å². The lowest BCUT2D eigenvalue weighted by molar-refractivity contribution is -0.114. The molecule has 0 aliphatic heterocycles. The second-order valence-corrected chi connectivity index (χ2v) is 4.70. The van der Waals surface area contributed by atoms with E-state index in [1.54, 1.807) is 24.3 Å². The number of hydrogen-bond acceptors (Lipinski definition) is 3. The van der Waals surface area contributed by atoms with Crippen molar-refractivity contribution in [1.29, 1.82) is 0 Å². The molecule has 0 fully saturated rings. The van der Waals surface area contributed by atoms with Crippen molar-refractivity contribution in [2.45, 2.75) is 13.0 Å². The van der Waals surface area contributed by atoms with Gasteiger partial charge in [0, 0.05) is 24.2 Å². The van der Waals surface area contributed by atoms with Crippen LogP contribution in [0.3, 0.4) is 0 Å². The van der Waals surface area contributed by atoms with Crippen LogP contribution in [0.4, 0.5) is 14.5 Å². The molecule has 0 aliphatic rings. The summed E-state index contributed by atoms with van der Waals surface area (Å²) in [7, 11) is 0. The van der Waals surface area contributed by atoms with Gasteiger partial charge in [0.1, 0.15) is 30.1 Å². The van der Waals surface area contributed by atoms with Gasteiger partial charge in [0.15, 0.2) is 0 Å². The van der Waals surface area contributed by atoms with Crippen molar-refractivity contribution < 1.29 is 23.4 Å². The fraction of sp³-hybridized carbons (Fsp3) is 0.188. The molecule has 2 N–H and O–H groups in total. The van der Waals surface area contributed by atoms with Crippen LogP contribution in [-0.4, -0.2) is 17.6 Å². The monoisotopic (exact) mass is 307 g/mol. The fourth-order valence-corrected chi connectivity index (χ4v) is 1.87. The van der Waals surface area contributed by atoms with Crippen LogP contribution in [0.15, 0.2) is 42.5 Å². The van der Waals surface area contributed by atoms with E-state index in [-0.39, 0.29) is 18.1 Å². The van der Waals surface area contributed by atoms with Crippen LogP contribution in [-0.2, 0) is 4.79 Å². The van der Waals surface area contributed by atoms with E-state index >= 15 is 0 Å². The Labute approximate surface area is 126 Å². The highest BCUT2D eigenvalue weighted by Crippen LogP contribution is 2.21. The minimum absolute atomic E-state index is 0.0312. The summed E-state index contributed by atoms with van der Waals surface area (Å²) in [5.41, 5.74) is 0.584. The average molecular weight is 307 g/mol. The van der Waals surface area contributed by atoms with Gasteiger partial charge in [-0.15, -0.1) is 0 Å². The molecule has 0 radical (unpaired) electrons. The van der Waals surface area contributed by atoms with Crippen molar-refractivity contribution in [3.63, 3.8) is 0 Å². The number of aliphatic hydroxyl groups is 1. The minimum Gasteiger partial charge on any atom is -0.491 e. The van der Waals surface area contributed by atoms with E-state index in [1.807, 2.05) is 0 Å². The van der Waals surface area contributed by atoms with Gasteiger partial charge in [-0.3, -0.25) is 4.79 Å². The van der Waals surface area contributed by atoms with Crippen LogP contribution >= 0.6 is 0 Å². The molecule has 2 rings (SSSR count). The third-order valence-electron chi connectivity index (χ3n) is 2.90. The molecule has 0 heterocycles. The van der Waals surface area contributed by atoms with Crippen LogP contribution in [0, 0.1) is 11.6 Å². The zero-order valence-corrected chi connectivity index (χ0v) is 11.8. The van der Waals surface area contributed by atoms with Gasteiger partial charge in [-0.1, -0.05) is 6.07 Å². The molecule has 22 heavy (non-hydrogen) atoms. The first-order valence-electron chi connectivity index (χ1n) is 6.59. The molecule has 4 nitrogen and oxygen atoms in total. The summed E-state index contributed by atoms with van der Waals surface area (Å²) >= 11 is 0. The predicted octanol–water partition coefficient (Wildman–Crippen LogP) is 3.04. The number of halogens is 2. The van der Waals surface area contributed by atoms with Crippen molar-refractivity contribution in [3.8, 4) is 5.75 Å². The first kappa shape index (κ1) is 15.9. The largest absolute Gasteiger partial charge is 0.491 e. The van der Waals surface area contributed by atoms with Gasteiger partial charge in [-0.25, -0.2) is 8.78 Å². The molecule has 116 valence electrons. The van der Waals surface area contributed by atoms with Gasteiger partial charge >= 0.3 is 0 Å². The molecule has 1 unspecified atom stereocenters. The Balaban J connectivity index is 1.95. The number of nitrogens with one attached hydrogen (secondary N) is 1. The number of hydrogen-bond donors (Lipinski definition) is 2. The Kier molecular flexibility index (Phi) is 5.06. The maximum absolute atomic E-state index is 13.5. The summed E-state index contributed by atoms with van der Waals surface area (Å²) in [6, 6.07) is 9.46. The van der Waals surface area contributed by atoms with E-state index in [0.717, 1.165) is 6.07 Å². The van der Waals surface area contributed by atoms with Gasteiger partial charge in [0.2, 0.25) is 5.91 Å². The van der Waals surface area contributed by atoms with Crippen LogP contribution < -0.4 is 10.1 Å². The average Bonchev–Trinajstić information content (AvgIpc) is 2.45. The number of carbonyl (C=O) groups is 1. The summed E-state index contributed by atoms with van der Waals surface area (Å²) in [5.74, 6) is -1.26. The quantitative estimate of drug-likeness (QED) is 0.892. The lowest BCUT2D eigenvalue weighted by Gasteiger charge is -2.14. The lowest BCUT2D eigenvalue weighted by Crippen LogP contribution is -2.11. The van der Waals surface area contributed by atoms with Crippen molar-refractivity contribution in [2.75, 3.05) is 11.9 Å². The Morgan fingerprint density at radius 2 is 1.91 bits per heavy atom. The molecule has 2 aromatic rings. The Morgan fingerprint density at radius 1 is 1.23 bits per heavy atom. The van der Waals surface area contributed by atoms with Gasteiger partial charge < -0.3 is 15.2 Å². The number of benzene rings is 2. The second kappa shape index (κ2) is 7.00. The standard InChI is InChI=1S/C16H15F2NO3/c1-10(20)19-12-3-5-13(6-4-12)22-9-16(21)14-7-2-11(17)8-15(14)18/h2-8,16,21H,9H2,1H3,(H,19,20). The summed E-state index contributed by atoms with van der Waals surface area (Å²) in [5, 5.41) is 12.5. The molecule has 6 heteroatoms. The number of amides is 1. The van der Waals surface area contributed by atoms with Crippen molar-refractivity contribution in [2.24, 2.45) is 0 Å². The number of aliphatic hydroxyl groups excluding tert-OH is 1. The minimum atomic E-state index is -1.21. The molecular formula is C16H15F2NO3. The molecule has 0 aliphatic carbocycles. The number of carbonyl (C=O) groups excluding carboxylic acids is 1. The van der Waals surface area contributed by atoms with Gasteiger partial charge in [-0.05, 0) is 30.3 Å². The normalized spacial score (nSPS) is 11.8. The van der Waals surface area contributed by atoms with E-state index in [4.69, 9.17) is 4.74 Å². The number of rotatable bonds is 5.